The molecule has 48 heavy (non-hydrogen) atoms. The molecule has 0 bridgehead atoms. The first-order valence-electron chi connectivity index (χ1n) is 16.3. The first kappa shape index (κ1) is 30.9. The Balaban J connectivity index is 1.65. The second-order valence-electron chi connectivity index (χ2n) is 11.3. The highest BCUT2D eigenvalue weighted by molar-refractivity contribution is 6.05. The molecule has 242 valence electrons. The largest absolute Gasteiger partial charge is 0.494 e. The van der Waals surface area contributed by atoms with Gasteiger partial charge in [0.25, 0.3) is 0 Å². The summed E-state index contributed by atoms with van der Waals surface area (Å²) in [6, 6.07) is 30.2. The molecule has 0 saturated carbocycles. The number of nitrogens with zero attached hydrogens (tertiary/aromatic N) is 2. The summed E-state index contributed by atoms with van der Waals surface area (Å²) in [5.74, 6) is 2.57. The van der Waals surface area contributed by atoms with Gasteiger partial charge in [-0.25, -0.2) is 0 Å². The number of ether oxygens (including phenoxy) is 4. The second-order valence-corrected chi connectivity index (χ2v) is 11.3. The molecule has 0 N–H and O–H groups in total. The Hall–Kier alpha value is -5.76. The van der Waals surface area contributed by atoms with Crippen molar-refractivity contribution in [3.05, 3.63) is 118 Å². The number of hydrogen-bond donors (Lipinski definition) is 0. The molecule has 5 aromatic carbocycles. The molecular weight excluding hydrogens is 604 g/mol. The highest BCUT2D eigenvalue weighted by Crippen LogP contribution is 2.35. The van der Waals surface area contributed by atoms with Crippen LogP contribution in [0.25, 0.3) is 55.0 Å². The van der Waals surface area contributed by atoms with Crippen molar-refractivity contribution in [3.8, 4) is 34.4 Å². The number of fused-ring (bicyclic) bond motifs is 4. The quantitative estimate of drug-likeness (QED) is 0.140. The fourth-order valence-electron chi connectivity index (χ4n) is 6.51. The third-order valence-corrected chi connectivity index (χ3v) is 8.35. The second kappa shape index (κ2) is 12.8. The van der Waals surface area contributed by atoms with Gasteiger partial charge < -0.3 is 28.1 Å². The summed E-state index contributed by atoms with van der Waals surface area (Å²) < 4.78 is 27.7. The minimum absolute atomic E-state index is 0.130. The molecule has 0 fully saturated rings. The molecular formula is C40H36N2O6. The summed E-state index contributed by atoms with van der Waals surface area (Å²) in [4.78, 5) is 28.7. The van der Waals surface area contributed by atoms with E-state index < -0.39 is 0 Å². The van der Waals surface area contributed by atoms with Crippen molar-refractivity contribution in [1.29, 1.82) is 0 Å². The molecule has 0 unspecified atom stereocenters. The summed E-state index contributed by atoms with van der Waals surface area (Å²) in [5.41, 5.74) is 3.84. The van der Waals surface area contributed by atoms with Gasteiger partial charge >= 0.3 is 0 Å². The van der Waals surface area contributed by atoms with Crippen LogP contribution >= 0.6 is 0 Å². The standard InChI is InChI=1S/C40H36N2O6/c1-5-45-27-17-25(18-28(21-27)46-6-2)41-35-15-11-9-13-31(35)39(43)33-24-38-34(23-37(33)41)40(44)32-14-10-12-16-36(32)42(38)26-19-29(47-7-3)22-30(20-26)48-8-4/h9-24H,5-8H2,1-4H3. The summed E-state index contributed by atoms with van der Waals surface area (Å²) in [6.45, 7) is 9.64. The molecule has 0 amide bonds. The topological polar surface area (TPSA) is 80.9 Å². The maximum atomic E-state index is 14.3. The van der Waals surface area contributed by atoms with E-state index in [9.17, 15) is 9.59 Å². The summed E-state index contributed by atoms with van der Waals surface area (Å²) >= 11 is 0. The Kier molecular flexibility index (Phi) is 8.23. The Bertz CT molecular complexity index is 2240. The molecule has 0 atom stereocenters. The average Bonchev–Trinajstić information content (AvgIpc) is 3.09. The highest BCUT2D eigenvalue weighted by atomic mass is 16.5. The predicted molar refractivity (Wildman–Crippen MR) is 192 cm³/mol. The Morgan fingerprint density at radius 2 is 0.750 bits per heavy atom. The molecule has 0 aliphatic rings. The van der Waals surface area contributed by atoms with Crippen LogP contribution in [0.3, 0.4) is 0 Å². The van der Waals surface area contributed by atoms with E-state index in [-0.39, 0.29) is 10.9 Å². The fourth-order valence-corrected chi connectivity index (χ4v) is 6.51. The lowest BCUT2D eigenvalue weighted by molar-refractivity contribution is 0.322. The van der Waals surface area contributed by atoms with Crippen LogP contribution in [0.15, 0.2) is 107 Å². The van der Waals surface area contributed by atoms with Crippen LogP contribution in [0.2, 0.25) is 0 Å². The van der Waals surface area contributed by atoms with Crippen molar-refractivity contribution < 1.29 is 18.9 Å². The molecule has 2 heterocycles. The minimum atomic E-state index is -0.130. The van der Waals surface area contributed by atoms with Gasteiger partial charge in [0.2, 0.25) is 0 Å². The molecule has 7 rings (SSSR count). The van der Waals surface area contributed by atoms with E-state index in [4.69, 9.17) is 18.9 Å². The third kappa shape index (κ3) is 5.29. The van der Waals surface area contributed by atoms with E-state index in [1.54, 1.807) is 0 Å². The summed E-state index contributed by atoms with van der Waals surface area (Å²) in [5, 5.41) is 2.04. The number of benzene rings is 5. The van der Waals surface area contributed by atoms with Crippen LogP contribution in [-0.2, 0) is 0 Å². The lowest BCUT2D eigenvalue weighted by Crippen LogP contribution is -2.15. The smallest absolute Gasteiger partial charge is 0.197 e. The maximum Gasteiger partial charge on any atom is 0.197 e. The molecule has 0 radical (unpaired) electrons. The van der Waals surface area contributed by atoms with E-state index >= 15 is 0 Å². The average molecular weight is 641 g/mol. The van der Waals surface area contributed by atoms with Gasteiger partial charge in [-0.05, 0) is 64.1 Å². The molecule has 8 heteroatoms. The van der Waals surface area contributed by atoms with Crippen molar-refractivity contribution in [1.82, 2.24) is 9.13 Å². The summed E-state index contributed by atoms with van der Waals surface area (Å²) in [6.07, 6.45) is 0. The third-order valence-electron chi connectivity index (χ3n) is 8.35. The van der Waals surface area contributed by atoms with E-state index in [0.29, 0.717) is 93.0 Å². The molecule has 2 aromatic heterocycles. The van der Waals surface area contributed by atoms with Gasteiger partial charge in [-0.1, -0.05) is 24.3 Å². The molecule has 0 aliphatic carbocycles. The zero-order valence-corrected chi connectivity index (χ0v) is 27.4. The van der Waals surface area contributed by atoms with Gasteiger partial charge in [0.15, 0.2) is 10.9 Å². The Morgan fingerprint density at radius 3 is 1.08 bits per heavy atom. The van der Waals surface area contributed by atoms with Gasteiger partial charge in [0, 0.05) is 57.9 Å². The number of para-hydroxylation sites is 2. The van der Waals surface area contributed by atoms with Gasteiger partial charge in [0.1, 0.15) is 23.0 Å². The van der Waals surface area contributed by atoms with Crippen molar-refractivity contribution >= 4 is 43.6 Å². The van der Waals surface area contributed by atoms with Crippen LogP contribution in [0, 0.1) is 0 Å². The van der Waals surface area contributed by atoms with Gasteiger partial charge in [-0.2, -0.15) is 0 Å². The molecule has 0 aliphatic heterocycles. The van der Waals surface area contributed by atoms with Crippen LogP contribution in [0.5, 0.6) is 23.0 Å². The Labute approximate surface area is 277 Å². The van der Waals surface area contributed by atoms with E-state index in [2.05, 4.69) is 0 Å². The number of pyridine rings is 2. The van der Waals surface area contributed by atoms with Crippen LogP contribution in [-0.4, -0.2) is 35.6 Å². The van der Waals surface area contributed by atoms with Crippen molar-refractivity contribution in [2.24, 2.45) is 0 Å². The van der Waals surface area contributed by atoms with Crippen molar-refractivity contribution in [2.45, 2.75) is 27.7 Å². The summed E-state index contributed by atoms with van der Waals surface area (Å²) in [7, 11) is 0. The number of hydrogen-bond acceptors (Lipinski definition) is 6. The molecule has 0 spiro atoms. The Morgan fingerprint density at radius 1 is 0.417 bits per heavy atom. The van der Waals surface area contributed by atoms with Crippen LogP contribution in [0.4, 0.5) is 0 Å². The van der Waals surface area contributed by atoms with Gasteiger partial charge in [-0.15, -0.1) is 0 Å². The molecule has 7 aromatic rings. The lowest BCUT2D eigenvalue weighted by Gasteiger charge is -2.20. The SMILES string of the molecule is CCOc1cc(OCC)cc(-n2c3ccccc3c(=O)c3cc4c(cc32)c(=O)c2ccccc2n4-c2cc(OCC)cc(OCC)c2)c1. The van der Waals surface area contributed by atoms with E-state index in [0.717, 1.165) is 11.4 Å². The normalized spacial score (nSPS) is 11.4. The molecule has 8 nitrogen and oxygen atoms in total. The van der Waals surface area contributed by atoms with Crippen molar-refractivity contribution in [3.63, 3.8) is 0 Å². The van der Waals surface area contributed by atoms with Crippen LogP contribution < -0.4 is 29.8 Å². The number of aromatic nitrogens is 2. The van der Waals surface area contributed by atoms with Gasteiger partial charge in [0.05, 0.1) is 59.9 Å². The minimum Gasteiger partial charge on any atom is -0.494 e. The number of rotatable bonds is 10. The van der Waals surface area contributed by atoms with Crippen LogP contribution in [0.1, 0.15) is 27.7 Å². The van der Waals surface area contributed by atoms with E-state index in [1.165, 1.54) is 0 Å². The lowest BCUT2D eigenvalue weighted by atomic mass is 10.0. The van der Waals surface area contributed by atoms with Gasteiger partial charge in [-0.3, -0.25) is 9.59 Å². The first-order chi connectivity index (χ1) is 23.4. The first-order valence-corrected chi connectivity index (χ1v) is 16.3. The van der Waals surface area contributed by atoms with Crippen molar-refractivity contribution in [2.75, 3.05) is 26.4 Å². The fraction of sp³-hybridized carbons (Fsp3) is 0.200. The monoisotopic (exact) mass is 640 g/mol. The zero-order valence-electron chi connectivity index (χ0n) is 27.4. The predicted octanol–water partition coefficient (Wildman–Crippen LogP) is 8.20. The highest BCUT2D eigenvalue weighted by Gasteiger charge is 2.20. The van der Waals surface area contributed by atoms with E-state index in [1.807, 2.05) is 134 Å². The molecule has 0 saturated heterocycles. The maximum absolute atomic E-state index is 14.3. The zero-order chi connectivity index (χ0) is 33.4.